The molecule has 1 N–H and O–H groups in total. The largest absolute Gasteiger partial charge is 0.301 e. The van der Waals surface area contributed by atoms with Gasteiger partial charge in [-0.3, -0.25) is 9.78 Å². The molecule has 0 saturated heterocycles. The van der Waals surface area contributed by atoms with Crippen molar-refractivity contribution in [2.24, 2.45) is 0 Å². The molecular weight excluding hydrogens is 318 g/mol. The molecule has 0 aromatic carbocycles. The van der Waals surface area contributed by atoms with Gasteiger partial charge in [0.2, 0.25) is 0 Å². The van der Waals surface area contributed by atoms with E-state index in [0.29, 0.717) is 5.92 Å². The zero-order valence-corrected chi connectivity index (χ0v) is 14.5. The highest BCUT2D eigenvalue weighted by atomic mass is 32.2. The third-order valence-electron chi connectivity index (χ3n) is 5.38. The first-order valence-corrected chi connectivity index (χ1v) is 10.0. The van der Waals surface area contributed by atoms with Crippen LogP contribution in [0, 0.1) is 0 Å². The third kappa shape index (κ3) is 2.69. The molecule has 0 amide bonds. The van der Waals surface area contributed by atoms with Gasteiger partial charge in [0.15, 0.2) is 5.16 Å². The molecule has 0 atom stereocenters. The van der Waals surface area contributed by atoms with E-state index < -0.39 is 0 Å². The maximum absolute atomic E-state index is 12.2. The Hall–Kier alpha value is -1.62. The second-order valence-electron chi connectivity index (χ2n) is 7.25. The number of rotatable bonds is 5. The fourth-order valence-corrected chi connectivity index (χ4v) is 4.73. The summed E-state index contributed by atoms with van der Waals surface area (Å²) in [5, 5.41) is 0.771. The lowest BCUT2D eigenvalue weighted by Gasteiger charge is -2.13. The van der Waals surface area contributed by atoms with E-state index in [1.165, 1.54) is 42.5 Å². The van der Waals surface area contributed by atoms with Crippen LogP contribution in [0.5, 0.6) is 0 Å². The summed E-state index contributed by atoms with van der Waals surface area (Å²) in [6.07, 6.45) is 10.0. The van der Waals surface area contributed by atoms with Crippen LogP contribution in [-0.4, -0.2) is 15.0 Å². The van der Waals surface area contributed by atoms with Crippen LogP contribution < -0.4 is 5.56 Å². The SMILES string of the molecule is O=c1[nH]c(SCc2c(C3CC3)ccnc2C2CC2)nc2c1CCC2. The lowest BCUT2D eigenvalue weighted by atomic mass is 10.0. The predicted octanol–water partition coefficient (Wildman–Crippen LogP) is 3.70. The quantitative estimate of drug-likeness (QED) is 0.666. The lowest BCUT2D eigenvalue weighted by molar-refractivity contribution is 0.868. The van der Waals surface area contributed by atoms with Gasteiger partial charge in [-0.2, -0.15) is 0 Å². The van der Waals surface area contributed by atoms with E-state index in [2.05, 4.69) is 11.1 Å². The summed E-state index contributed by atoms with van der Waals surface area (Å²) in [5.74, 6) is 2.26. The van der Waals surface area contributed by atoms with E-state index in [9.17, 15) is 4.79 Å². The standard InChI is InChI=1S/C19H21N3OS/c23-18-14-2-1-3-16(14)21-19(22-18)24-10-15-13(11-4-5-11)8-9-20-17(15)12-6-7-12/h8-9,11-12H,1-7,10H2,(H,21,22,23). The summed E-state index contributed by atoms with van der Waals surface area (Å²) in [4.78, 5) is 24.6. The van der Waals surface area contributed by atoms with Gasteiger partial charge in [0.25, 0.3) is 5.56 Å². The van der Waals surface area contributed by atoms with Gasteiger partial charge in [-0.25, -0.2) is 4.98 Å². The maximum Gasteiger partial charge on any atom is 0.254 e. The van der Waals surface area contributed by atoms with Crippen LogP contribution in [0.25, 0.3) is 0 Å². The summed E-state index contributed by atoms with van der Waals surface area (Å²) in [6.45, 7) is 0. The van der Waals surface area contributed by atoms with Crippen molar-refractivity contribution in [2.45, 2.75) is 67.7 Å². The summed E-state index contributed by atoms with van der Waals surface area (Å²) in [6, 6.07) is 2.21. The topological polar surface area (TPSA) is 58.6 Å². The molecule has 0 spiro atoms. The van der Waals surface area contributed by atoms with E-state index in [-0.39, 0.29) is 5.56 Å². The molecule has 2 saturated carbocycles. The van der Waals surface area contributed by atoms with Crippen LogP contribution in [0.4, 0.5) is 0 Å². The number of H-pyrrole nitrogens is 1. The molecule has 2 heterocycles. The highest BCUT2D eigenvalue weighted by Gasteiger charge is 2.32. The molecule has 3 aliphatic carbocycles. The number of pyridine rings is 1. The molecule has 2 aromatic heterocycles. The van der Waals surface area contributed by atoms with Crippen LogP contribution >= 0.6 is 11.8 Å². The zero-order valence-electron chi connectivity index (χ0n) is 13.7. The average Bonchev–Trinajstić information content (AvgIpc) is 3.50. The van der Waals surface area contributed by atoms with Gasteiger partial charge in [0.1, 0.15) is 0 Å². The minimum atomic E-state index is 0.0658. The molecule has 5 heteroatoms. The molecule has 0 aliphatic heterocycles. The Labute approximate surface area is 145 Å². The summed E-state index contributed by atoms with van der Waals surface area (Å²) < 4.78 is 0. The van der Waals surface area contributed by atoms with Crippen molar-refractivity contribution in [3.05, 3.63) is 50.7 Å². The minimum Gasteiger partial charge on any atom is -0.301 e. The van der Waals surface area contributed by atoms with Gasteiger partial charge in [-0.15, -0.1) is 0 Å². The molecule has 2 fully saturated rings. The maximum atomic E-state index is 12.2. The molecule has 124 valence electrons. The minimum absolute atomic E-state index is 0.0658. The third-order valence-corrected chi connectivity index (χ3v) is 6.28. The fourth-order valence-electron chi connectivity index (χ4n) is 3.79. The number of thioether (sulfide) groups is 1. The Morgan fingerprint density at radius 3 is 2.79 bits per heavy atom. The van der Waals surface area contributed by atoms with Crippen molar-refractivity contribution in [3.8, 4) is 0 Å². The normalized spacial score (nSPS) is 19.5. The molecule has 0 unspecified atom stereocenters. The monoisotopic (exact) mass is 339 g/mol. The van der Waals surface area contributed by atoms with Gasteiger partial charge in [-0.1, -0.05) is 11.8 Å². The van der Waals surface area contributed by atoms with Crippen molar-refractivity contribution in [1.29, 1.82) is 0 Å². The van der Waals surface area contributed by atoms with E-state index in [1.54, 1.807) is 11.8 Å². The van der Waals surface area contributed by atoms with Crippen molar-refractivity contribution in [2.75, 3.05) is 0 Å². The van der Waals surface area contributed by atoms with E-state index in [0.717, 1.165) is 47.3 Å². The molecule has 4 nitrogen and oxygen atoms in total. The second kappa shape index (κ2) is 5.73. The van der Waals surface area contributed by atoms with Gasteiger partial charge in [-0.05, 0) is 68.1 Å². The Morgan fingerprint density at radius 2 is 2.00 bits per heavy atom. The van der Waals surface area contributed by atoms with Crippen LogP contribution in [0.1, 0.15) is 72.0 Å². The summed E-state index contributed by atoms with van der Waals surface area (Å²) >= 11 is 1.67. The first-order valence-electron chi connectivity index (χ1n) is 9.02. The molecular formula is C19H21N3OS. The Morgan fingerprint density at radius 1 is 1.17 bits per heavy atom. The van der Waals surface area contributed by atoms with Crippen LogP contribution in [0.15, 0.2) is 22.2 Å². The van der Waals surface area contributed by atoms with Gasteiger partial charge in [0.05, 0.1) is 5.69 Å². The highest BCUT2D eigenvalue weighted by molar-refractivity contribution is 7.98. The average molecular weight is 339 g/mol. The number of hydrogen-bond donors (Lipinski definition) is 1. The number of nitrogens with one attached hydrogen (secondary N) is 1. The highest BCUT2D eigenvalue weighted by Crippen LogP contribution is 2.47. The Kier molecular flexibility index (Phi) is 3.51. The first-order chi connectivity index (χ1) is 11.8. The van der Waals surface area contributed by atoms with Crippen LogP contribution in [0.2, 0.25) is 0 Å². The van der Waals surface area contributed by atoms with Crippen LogP contribution in [0.3, 0.4) is 0 Å². The van der Waals surface area contributed by atoms with Crippen molar-refractivity contribution in [3.63, 3.8) is 0 Å². The Bertz CT molecular complexity index is 822. The molecule has 0 bridgehead atoms. The van der Waals surface area contributed by atoms with E-state index in [1.807, 2.05) is 6.20 Å². The number of aromatic amines is 1. The number of aromatic nitrogens is 3. The van der Waals surface area contributed by atoms with Gasteiger partial charge >= 0.3 is 0 Å². The molecule has 24 heavy (non-hydrogen) atoms. The number of fused-ring (bicyclic) bond motifs is 1. The zero-order chi connectivity index (χ0) is 16.1. The molecule has 0 radical (unpaired) electrons. The first kappa shape index (κ1) is 14.7. The van der Waals surface area contributed by atoms with E-state index in [4.69, 9.17) is 9.97 Å². The van der Waals surface area contributed by atoms with Gasteiger partial charge in [0, 0.05) is 29.1 Å². The molecule has 5 rings (SSSR count). The van der Waals surface area contributed by atoms with Crippen molar-refractivity contribution < 1.29 is 0 Å². The Balaban J connectivity index is 1.44. The number of hydrogen-bond acceptors (Lipinski definition) is 4. The fraction of sp³-hybridized carbons (Fsp3) is 0.526. The van der Waals surface area contributed by atoms with Crippen LogP contribution in [-0.2, 0) is 18.6 Å². The van der Waals surface area contributed by atoms with Gasteiger partial charge < -0.3 is 4.98 Å². The predicted molar refractivity (Wildman–Crippen MR) is 94.6 cm³/mol. The summed E-state index contributed by atoms with van der Waals surface area (Å²) in [5.41, 5.74) is 6.18. The molecule has 3 aliphatic rings. The van der Waals surface area contributed by atoms with E-state index >= 15 is 0 Å². The van der Waals surface area contributed by atoms with Crippen molar-refractivity contribution in [1.82, 2.24) is 15.0 Å². The molecule has 2 aromatic rings. The second-order valence-corrected chi connectivity index (χ2v) is 8.22. The smallest absolute Gasteiger partial charge is 0.254 e. The summed E-state index contributed by atoms with van der Waals surface area (Å²) in [7, 11) is 0. The van der Waals surface area contributed by atoms with Crippen molar-refractivity contribution >= 4 is 11.8 Å². The lowest BCUT2D eigenvalue weighted by Crippen LogP contribution is -2.15. The number of nitrogens with zero attached hydrogens (tertiary/aromatic N) is 2. The number of aryl methyl sites for hydroxylation is 1.